The van der Waals surface area contributed by atoms with Crippen molar-refractivity contribution < 1.29 is 14.4 Å². The Hall–Kier alpha value is -1.97. The number of carbonyl (C=O) groups excluding carboxylic acids is 3. The van der Waals surface area contributed by atoms with E-state index >= 15 is 0 Å². The predicted octanol–water partition coefficient (Wildman–Crippen LogP) is 2.27. The maximum atomic E-state index is 12.4. The molecule has 0 spiro atoms. The average molecular weight is 285 g/mol. The van der Waals surface area contributed by atoms with Gasteiger partial charge in [-0.25, -0.2) is 0 Å². The van der Waals surface area contributed by atoms with Crippen LogP contribution in [0.5, 0.6) is 0 Å². The highest BCUT2D eigenvalue weighted by atomic mass is 16.2. The van der Waals surface area contributed by atoms with Crippen LogP contribution in [-0.2, 0) is 9.59 Å². The molecule has 0 N–H and O–H groups in total. The molecule has 4 heteroatoms. The van der Waals surface area contributed by atoms with E-state index < -0.39 is 0 Å². The highest BCUT2D eigenvalue weighted by Gasteiger charge is 2.49. The average Bonchev–Trinajstić information content (AvgIpc) is 2.99. The van der Waals surface area contributed by atoms with Gasteiger partial charge in [-0.3, -0.25) is 19.3 Å². The predicted molar refractivity (Wildman–Crippen MR) is 77.8 cm³/mol. The van der Waals surface area contributed by atoms with Gasteiger partial charge in [0.15, 0.2) is 5.78 Å². The summed E-state index contributed by atoms with van der Waals surface area (Å²) in [4.78, 5) is 38.1. The summed E-state index contributed by atoms with van der Waals surface area (Å²) in [7, 11) is 0. The van der Waals surface area contributed by atoms with E-state index in [1.54, 1.807) is 6.07 Å². The van der Waals surface area contributed by atoms with Crippen LogP contribution in [0.25, 0.3) is 0 Å². The Morgan fingerprint density at radius 3 is 2.33 bits per heavy atom. The van der Waals surface area contributed by atoms with Gasteiger partial charge in [0.05, 0.1) is 18.4 Å². The van der Waals surface area contributed by atoms with Gasteiger partial charge in [0.25, 0.3) is 0 Å². The van der Waals surface area contributed by atoms with E-state index in [-0.39, 0.29) is 36.0 Å². The zero-order valence-electron chi connectivity index (χ0n) is 12.4. The molecule has 1 aliphatic heterocycles. The molecule has 2 fully saturated rings. The van der Waals surface area contributed by atoms with E-state index in [0.717, 1.165) is 30.4 Å². The molecule has 0 bridgehead atoms. The van der Waals surface area contributed by atoms with Crippen molar-refractivity contribution in [3.05, 3.63) is 34.9 Å². The molecular formula is C17H19NO3. The van der Waals surface area contributed by atoms with Crippen LogP contribution in [0.2, 0.25) is 0 Å². The van der Waals surface area contributed by atoms with Gasteiger partial charge in [-0.2, -0.15) is 0 Å². The van der Waals surface area contributed by atoms with E-state index in [0.29, 0.717) is 5.56 Å². The second kappa shape index (κ2) is 5.10. The topological polar surface area (TPSA) is 54.5 Å². The molecule has 2 unspecified atom stereocenters. The lowest BCUT2D eigenvalue weighted by Crippen LogP contribution is -2.36. The highest BCUT2D eigenvalue weighted by molar-refractivity contribution is 6.10. The molecule has 4 nitrogen and oxygen atoms in total. The minimum absolute atomic E-state index is 0.117. The van der Waals surface area contributed by atoms with Gasteiger partial charge >= 0.3 is 0 Å². The maximum absolute atomic E-state index is 12.4. The summed E-state index contributed by atoms with van der Waals surface area (Å²) in [6, 6.07) is 5.59. The molecule has 0 aromatic heterocycles. The lowest BCUT2D eigenvalue weighted by atomic mass is 10.00. The number of rotatable bonds is 3. The summed E-state index contributed by atoms with van der Waals surface area (Å²) in [6.45, 7) is 3.73. The van der Waals surface area contributed by atoms with Crippen LogP contribution in [0.15, 0.2) is 18.2 Å². The molecule has 2 aliphatic rings. The number of ketones is 1. The van der Waals surface area contributed by atoms with Gasteiger partial charge < -0.3 is 0 Å². The largest absolute Gasteiger partial charge is 0.292 e. The third-order valence-electron chi connectivity index (χ3n) is 4.67. The summed E-state index contributed by atoms with van der Waals surface area (Å²) < 4.78 is 0. The Labute approximate surface area is 124 Å². The Morgan fingerprint density at radius 1 is 1.14 bits per heavy atom. The van der Waals surface area contributed by atoms with Crippen molar-refractivity contribution >= 4 is 17.6 Å². The van der Waals surface area contributed by atoms with Crippen LogP contribution < -0.4 is 0 Å². The van der Waals surface area contributed by atoms with E-state index in [1.165, 1.54) is 4.90 Å². The number of hydrogen-bond donors (Lipinski definition) is 0. The molecule has 2 amide bonds. The molecule has 1 aromatic carbocycles. The molecule has 0 radical (unpaired) electrons. The van der Waals surface area contributed by atoms with E-state index in [2.05, 4.69) is 0 Å². The van der Waals surface area contributed by atoms with Crippen molar-refractivity contribution in [2.45, 2.75) is 33.1 Å². The Balaban J connectivity index is 1.79. The van der Waals surface area contributed by atoms with Crippen LogP contribution >= 0.6 is 0 Å². The first-order valence-corrected chi connectivity index (χ1v) is 7.44. The van der Waals surface area contributed by atoms with Crippen molar-refractivity contribution in [2.24, 2.45) is 11.8 Å². The zero-order valence-corrected chi connectivity index (χ0v) is 12.4. The lowest BCUT2D eigenvalue weighted by molar-refractivity contribution is -0.139. The van der Waals surface area contributed by atoms with Gasteiger partial charge in [0, 0.05) is 5.56 Å². The second-order valence-electron chi connectivity index (χ2n) is 6.15. The minimum Gasteiger partial charge on any atom is -0.292 e. The van der Waals surface area contributed by atoms with Gasteiger partial charge in [-0.15, -0.1) is 0 Å². The number of amides is 2. The van der Waals surface area contributed by atoms with Gasteiger partial charge in [0.1, 0.15) is 0 Å². The molecule has 1 aliphatic carbocycles. The summed E-state index contributed by atoms with van der Waals surface area (Å²) in [5.74, 6) is -0.816. The van der Waals surface area contributed by atoms with E-state index in [4.69, 9.17) is 0 Å². The van der Waals surface area contributed by atoms with Crippen LogP contribution in [-0.4, -0.2) is 29.0 Å². The Bertz CT molecular complexity index is 613. The fourth-order valence-corrected chi connectivity index (χ4v) is 3.57. The molecule has 21 heavy (non-hydrogen) atoms. The number of Topliss-reactive ketones (excluding diaryl/α,β-unsaturated/α-hetero) is 1. The lowest BCUT2D eigenvalue weighted by Gasteiger charge is -2.15. The van der Waals surface area contributed by atoms with Crippen molar-refractivity contribution in [1.82, 2.24) is 4.90 Å². The molecule has 1 aromatic rings. The first-order valence-electron chi connectivity index (χ1n) is 7.44. The Kier molecular flexibility index (Phi) is 3.40. The highest BCUT2D eigenvalue weighted by Crippen LogP contribution is 2.39. The summed E-state index contributed by atoms with van der Waals surface area (Å²) in [6.07, 6.45) is 2.50. The number of likely N-dealkylation sites (tertiary alicyclic amines) is 1. The van der Waals surface area contributed by atoms with Crippen molar-refractivity contribution in [3.63, 3.8) is 0 Å². The summed E-state index contributed by atoms with van der Waals surface area (Å²) >= 11 is 0. The fraction of sp³-hybridized carbons (Fsp3) is 0.471. The molecule has 1 saturated heterocycles. The normalized spacial score (nSPS) is 24.6. The molecule has 1 saturated carbocycles. The Morgan fingerprint density at radius 2 is 1.76 bits per heavy atom. The summed E-state index contributed by atoms with van der Waals surface area (Å²) in [5.41, 5.74) is 2.57. The number of imide groups is 1. The third kappa shape index (κ3) is 2.28. The van der Waals surface area contributed by atoms with Crippen LogP contribution in [0.1, 0.15) is 40.7 Å². The molecular weight excluding hydrogens is 266 g/mol. The van der Waals surface area contributed by atoms with Crippen LogP contribution in [0, 0.1) is 25.7 Å². The number of nitrogens with zero attached hydrogens (tertiary/aromatic N) is 1. The first-order chi connectivity index (χ1) is 9.99. The third-order valence-corrected chi connectivity index (χ3v) is 4.67. The van der Waals surface area contributed by atoms with Crippen molar-refractivity contribution in [3.8, 4) is 0 Å². The first kappa shape index (κ1) is 14.0. The molecule has 3 rings (SSSR count). The quantitative estimate of drug-likeness (QED) is 0.632. The van der Waals surface area contributed by atoms with E-state index in [9.17, 15) is 14.4 Å². The van der Waals surface area contributed by atoms with Crippen LogP contribution in [0.4, 0.5) is 0 Å². The number of hydrogen-bond acceptors (Lipinski definition) is 3. The van der Waals surface area contributed by atoms with Gasteiger partial charge in [0.2, 0.25) is 11.8 Å². The number of aryl methyl sites for hydroxylation is 2. The van der Waals surface area contributed by atoms with E-state index in [1.807, 2.05) is 26.0 Å². The smallest absolute Gasteiger partial charge is 0.233 e. The standard InChI is InChI=1S/C17H19NO3/c1-10-6-7-12(11(2)8-10)15(19)9-18-16(20)13-4-3-5-14(13)17(18)21/h6-8,13-14H,3-5,9H2,1-2H3. The summed E-state index contributed by atoms with van der Waals surface area (Å²) in [5, 5.41) is 0. The van der Waals surface area contributed by atoms with Crippen LogP contribution in [0.3, 0.4) is 0 Å². The number of carbonyl (C=O) groups is 3. The molecule has 2 atom stereocenters. The minimum atomic E-state index is -0.176. The fourth-order valence-electron chi connectivity index (χ4n) is 3.57. The molecule has 110 valence electrons. The SMILES string of the molecule is Cc1ccc(C(=O)CN2C(=O)C3CCCC3C2=O)c(C)c1. The monoisotopic (exact) mass is 285 g/mol. The van der Waals surface area contributed by atoms with Crippen molar-refractivity contribution in [1.29, 1.82) is 0 Å². The van der Waals surface area contributed by atoms with Gasteiger partial charge in [-0.1, -0.05) is 30.2 Å². The molecule has 1 heterocycles. The number of fused-ring (bicyclic) bond motifs is 1. The second-order valence-corrected chi connectivity index (χ2v) is 6.15. The van der Waals surface area contributed by atoms with Gasteiger partial charge in [-0.05, 0) is 32.3 Å². The maximum Gasteiger partial charge on any atom is 0.233 e. The number of benzene rings is 1. The zero-order chi connectivity index (χ0) is 15.1. The van der Waals surface area contributed by atoms with Crippen molar-refractivity contribution in [2.75, 3.05) is 6.54 Å².